The van der Waals surface area contributed by atoms with Crippen LogP contribution in [-0.4, -0.2) is 33.1 Å². The van der Waals surface area contributed by atoms with E-state index in [1.807, 2.05) is 0 Å². The predicted octanol–water partition coefficient (Wildman–Crippen LogP) is 2.49. The van der Waals surface area contributed by atoms with Crippen LogP contribution >= 0.6 is 12.2 Å². The Morgan fingerprint density at radius 3 is 2.50 bits per heavy atom. The van der Waals surface area contributed by atoms with Gasteiger partial charge in [0.1, 0.15) is 5.82 Å². The fourth-order valence-corrected chi connectivity index (χ4v) is 2.49. The van der Waals surface area contributed by atoms with E-state index in [9.17, 15) is 12.8 Å². The third-order valence-electron chi connectivity index (χ3n) is 2.91. The number of rotatable bonds is 6. The number of benzene rings is 2. The molecule has 26 heavy (non-hydrogen) atoms. The molecule has 0 heterocycles. The lowest BCUT2D eigenvalue weighted by molar-refractivity contribution is 0.391. The zero-order valence-corrected chi connectivity index (χ0v) is 15.5. The molecule has 0 atom stereocenters. The molecule has 0 saturated carbocycles. The number of methoxy groups -OCH3 is 1. The number of hydrogen-bond acceptors (Lipinski definition) is 6. The molecule has 0 saturated heterocycles. The van der Waals surface area contributed by atoms with Crippen molar-refractivity contribution in [3.8, 4) is 11.5 Å². The van der Waals surface area contributed by atoms with E-state index in [0.29, 0.717) is 11.3 Å². The number of hydrazone groups is 1. The molecule has 7 nitrogen and oxygen atoms in total. The van der Waals surface area contributed by atoms with Crippen LogP contribution < -0.4 is 19.7 Å². The molecule has 0 spiro atoms. The zero-order chi connectivity index (χ0) is 19.2. The Labute approximate surface area is 155 Å². The lowest BCUT2D eigenvalue weighted by Gasteiger charge is -2.09. The molecule has 2 aromatic carbocycles. The summed E-state index contributed by atoms with van der Waals surface area (Å²) in [5.41, 5.74) is 3.85. The van der Waals surface area contributed by atoms with E-state index < -0.39 is 10.1 Å². The molecule has 138 valence electrons. The fraction of sp³-hybridized carbons (Fsp3) is 0.125. The minimum atomic E-state index is -3.66. The fourth-order valence-electron chi connectivity index (χ4n) is 1.85. The van der Waals surface area contributed by atoms with Gasteiger partial charge in [-0.25, -0.2) is 4.39 Å². The molecule has 0 aliphatic carbocycles. The van der Waals surface area contributed by atoms with E-state index in [0.717, 1.165) is 6.26 Å². The van der Waals surface area contributed by atoms with E-state index in [1.54, 1.807) is 24.3 Å². The third-order valence-corrected chi connectivity index (χ3v) is 3.59. The minimum Gasteiger partial charge on any atom is -0.493 e. The Bertz CT molecular complexity index is 916. The first-order valence-corrected chi connectivity index (χ1v) is 9.42. The Kier molecular flexibility index (Phi) is 6.47. The van der Waals surface area contributed by atoms with Gasteiger partial charge in [0.2, 0.25) is 0 Å². The summed E-state index contributed by atoms with van der Waals surface area (Å²) in [4.78, 5) is 0. The third kappa shape index (κ3) is 6.30. The largest absolute Gasteiger partial charge is 0.493 e. The van der Waals surface area contributed by atoms with Crippen LogP contribution in [0.2, 0.25) is 0 Å². The van der Waals surface area contributed by atoms with Crippen LogP contribution in [0, 0.1) is 5.82 Å². The van der Waals surface area contributed by atoms with Crippen molar-refractivity contribution < 1.29 is 21.7 Å². The highest BCUT2D eigenvalue weighted by Gasteiger charge is 2.10. The van der Waals surface area contributed by atoms with Crippen molar-refractivity contribution in [2.75, 3.05) is 18.7 Å². The first kappa shape index (κ1) is 19.6. The van der Waals surface area contributed by atoms with Crippen molar-refractivity contribution in [3.63, 3.8) is 0 Å². The van der Waals surface area contributed by atoms with Crippen LogP contribution in [-0.2, 0) is 10.1 Å². The van der Waals surface area contributed by atoms with Crippen molar-refractivity contribution in [1.29, 1.82) is 0 Å². The van der Waals surface area contributed by atoms with Crippen molar-refractivity contribution in [3.05, 3.63) is 53.8 Å². The highest BCUT2D eigenvalue weighted by molar-refractivity contribution is 7.86. The second kappa shape index (κ2) is 8.59. The number of nitrogens with one attached hydrogen (secondary N) is 2. The Morgan fingerprint density at radius 2 is 1.88 bits per heavy atom. The van der Waals surface area contributed by atoms with E-state index in [2.05, 4.69) is 15.8 Å². The summed E-state index contributed by atoms with van der Waals surface area (Å²) < 4.78 is 45.2. The summed E-state index contributed by atoms with van der Waals surface area (Å²) in [6.45, 7) is 0. The summed E-state index contributed by atoms with van der Waals surface area (Å²) in [6, 6.07) is 10.3. The Hall–Kier alpha value is -2.72. The minimum absolute atomic E-state index is 0.0774. The van der Waals surface area contributed by atoms with Gasteiger partial charge in [-0.05, 0) is 60.2 Å². The van der Waals surface area contributed by atoms with E-state index in [-0.39, 0.29) is 22.4 Å². The van der Waals surface area contributed by atoms with Gasteiger partial charge in [-0.2, -0.15) is 13.5 Å². The number of nitrogens with zero attached hydrogens (tertiary/aromatic N) is 1. The van der Waals surface area contributed by atoms with Crippen LogP contribution in [0.3, 0.4) is 0 Å². The van der Waals surface area contributed by atoms with E-state index in [4.69, 9.17) is 21.1 Å². The molecule has 0 radical (unpaired) electrons. The summed E-state index contributed by atoms with van der Waals surface area (Å²) in [5.74, 6) is -0.0234. The SMILES string of the molecule is COc1cc(/C=N\NC(=S)Nc2ccc(F)cc2)ccc1OS(C)(=O)=O. The summed E-state index contributed by atoms with van der Waals surface area (Å²) in [5, 5.41) is 7.03. The molecule has 10 heteroatoms. The van der Waals surface area contributed by atoms with Crippen molar-refractivity contribution in [1.82, 2.24) is 5.43 Å². The normalized spacial score (nSPS) is 11.2. The van der Waals surface area contributed by atoms with Crippen molar-refractivity contribution >= 4 is 39.4 Å². The molecule has 0 aromatic heterocycles. The van der Waals surface area contributed by atoms with Crippen molar-refractivity contribution in [2.45, 2.75) is 0 Å². The monoisotopic (exact) mass is 397 g/mol. The van der Waals surface area contributed by atoms with Gasteiger partial charge in [-0.3, -0.25) is 5.43 Å². The first-order valence-electron chi connectivity index (χ1n) is 7.20. The Morgan fingerprint density at radius 1 is 1.19 bits per heavy atom. The van der Waals surface area contributed by atoms with Gasteiger partial charge in [0.25, 0.3) is 0 Å². The van der Waals surface area contributed by atoms with Crippen molar-refractivity contribution in [2.24, 2.45) is 5.10 Å². The van der Waals surface area contributed by atoms with Crippen LogP contribution in [0.1, 0.15) is 5.56 Å². The topological polar surface area (TPSA) is 89.0 Å². The Balaban J connectivity index is 1.99. The first-order chi connectivity index (χ1) is 12.3. The summed E-state index contributed by atoms with van der Waals surface area (Å²) in [7, 11) is -2.26. The van der Waals surface area contributed by atoms with Crippen LogP contribution in [0.5, 0.6) is 11.5 Å². The second-order valence-corrected chi connectivity index (χ2v) is 7.01. The average Bonchev–Trinajstić information content (AvgIpc) is 2.57. The second-order valence-electron chi connectivity index (χ2n) is 5.03. The zero-order valence-electron chi connectivity index (χ0n) is 13.9. The maximum absolute atomic E-state index is 12.8. The van der Waals surface area contributed by atoms with E-state index in [1.165, 1.54) is 31.5 Å². The van der Waals surface area contributed by atoms with Gasteiger partial charge >= 0.3 is 10.1 Å². The maximum atomic E-state index is 12.8. The number of anilines is 1. The molecule has 0 unspecified atom stereocenters. The summed E-state index contributed by atoms with van der Waals surface area (Å²) in [6.07, 6.45) is 2.41. The van der Waals surface area contributed by atoms with Crippen LogP contribution in [0.15, 0.2) is 47.6 Å². The number of hydrogen-bond donors (Lipinski definition) is 2. The van der Waals surface area contributed by atoms with Gasteiger partial charge in [0, 0.05) is 5.69 Å². The molecule has 2 aromatic rings. The predicted molar refractivity (Wildman–Crippen MR) is 102 cm³/mol. The number of halogens is 1. The number of ether oxygens (including phenoxy) is 1. The highest BCUT2D eigenvalue weighted by atomic mass is 32.2. The molecule has 0 amide bonds. The quantitative estimate of drug-likeness (QED) is 0.335. The van der Waals surface area contributed by atoms with Gasteiger partial charge in [-0.15, -0.1) is 0 Å². The molecule has 0 aliphatic rings. The lowest BCUT2D eigenvalue weighted by Crippen LogP contribution is -2.23. The molecule has 0 aliphatic heterocycles. The molecular weight excluding hydrogens is 381 g/mol. The van der Waals surface area contributed by atoms with Crippen LogP contribution in [0.4, 0.5) is 10.1 Å². The van der Waals surface area contributed by atoms with Crippen LogP contribution in [0.25, 0.3) is 0 Å². The smallest absolute Gasteiger partial charge is 0.306 e. The lowest BCUT2D eigenvalue weighted by atomic mass is 10.2. The standard InChI is InChI=1S/C16H16FN3O4S2/c1-23-15-9-11(3-8-14(15)24-26(2,21)22)10-18-20-16(25)19-13-6-4-12(17)5-7-13/h3-10H,1-2H3,(H2,19,20,25)/b18-10-. The average molecular weight is 397 g/mol. The molecule has 2 rings (SSSR count). The van der Waals surface area contributed by atoms with Gasteiger partial charge in [0.05, 0.1) is 19.6 Å². The molecule has 2 N–H and O–H groups in total. The van der Waals surface area contributed by atoms with Gasteiger partial charge < -0.3 is 14.2 Å². The van der Waals surface area contributed by atoms with E-state index >= 15 is 0 Å². The molecule has 0 bridgehead atoms. The number of thiocarbonyl (C=S) groups is 1. The summed E-state index contributed by atoms with van der Waals surface area (Å²) >= 11 is 5.07. The highest BCUT2D eigenvalue weighted by Crippen LogP contribution is 2.28. The van der Waals surface area contributed by atoms with Gasteiger partial charge in [-0.1, -0.05) is 0 Å². The molecule has 0 fully saturated rings. The molecular formula is C16H16FN3O4S2. The maximum Gasteiger partial charge on any atom is 0.306 e. The van der Waals surface area contributed by atoms with Gasteiger partial charge in [0.15, 0.2) is 16.6 Å².